The van der Waals surface area contributed by atoms with Crippen molar-refractivity contribution in [2.75, 3.05) is 17.2 Å². The molecule has 34 heavy (non-hydrogen) atoms. The molecule has 2 N–H and O–H groups in total. The first-order chi connectivity index (χ1) is 16.2. The van der Waals surface area contributed by atoms with Crippen LogP contribution in [0.2, 0.25) is 10.0 Å². The molecule has 0 radical (unpaired) electrons. The summed E-state index contributed by atoms with van der Waals surface area (Å²) in [7, 11) is 0. The zero-order chi connectivity index (χ0) is 24.7. The number of rotatable bonds is 7. The Labute approximate surface area is 205 Å². The number of amides is 2. The molecule has 0 bridgehead atoms. The third-order valence-electron chi connectivity index (χ3n) is 4.55. The second-order valence-electron chi connectivity index (χ2n) is 7.11. The minimum Gasteiger partial charge on any atom is -0.483 e. The number of anilines is 2. The maximum atomic E-state index is 13.1. The van der Waals surface area contributed by atoms with Gasteiger partial charge in [0.15, 0.2) is 6.61 Å². The van der Waals surface area contributed by atoms with E-state index in [2.05, 4.69) is 10.6 Å². The predicted molar refractivity (Wildman–Crippen MR) is 130 cm³/mol. The first-order valence-electron chi connectivity index (χ1n) is 9.92. The molecule has 0 heterocycles. The molecular formula is C25H18Cl2FN3O3. The molecule has 0 aliphatic carbocycles. The number of nitrogens with one attached hydrogen (secondary N) is 2. The fraction of sp³-hybridized carbons (Fsp3) is 0.0800. The second kappa shape index (κ2) is 11.3. The van der Waals surface area contributed by atoms with Gasteiger partial charge in [-0.15, -0.1) is 0 Å². The number of hydrogen-bond donors (Lipinski definition) is 2. The number of nitrogens with zero attached hydrogens (tertiary/aromatic N) is 1. The van der Waals surface area contributed by atoms with Crippen molar-refractivity contribution in [3.05, 3.63) is 93.2 Å². The van der Waals surface area contributed by atoms with Gasteiger partial charge in [-0.2, -0.15) is 5.26 Å². The number of hydrogen-bond acceptors (Lipinski definition) is 4. The van der Waals surface area contributed by atoms with E-state index in [1.165, 1.54) is 42.5 Å². The molecule has 0 fully saturated rings. The van der Waals surface area contributed by atoms with Crippen molar-refractivity contribution >= 4 is 52.5 Å². The Morgan fingerprint density at radius 2 is 1.74 bits per heavy atom. The van der Waals surface area contributed by atoms with Gasteiger partial charge in [-0.1, -0.05) is 29.3 Å². The van der Waals surface area contributed by atoms with Crippen molar-refractivity contribution in [1.29, 1.82) is 5.26 Å². The van der Waals surface area contributed by atoms with Gasteiger partial charge in [0.2, 0.25) is 0 Å². The highest BCUT2D eigenvalue weighted by Crippen LogP contribution is 2.26. The lowest BCUT2D eigenvalue weighted by Crippen LogP contribution is -2.20. The Morgan fingerprint density at radius 1 is 1.03 bits per heavy atom. The minimum absolute atomic E-state index is 0.240. The topological polar surface area (TPSA) is 91.2 Å². The van der Waals surface area contributed by atoms with E-state index in [1.807, 2.05) is 13.0 Å². The molecule has 0 aliphatic heterocycles. The van der Waals surface area contributed by atoms with Crippen molar-refractivity contribution < 1.29 is 18.7 Å². The van der Waals surface area contributed by atoms with E-state index in [0.717, 1.165) is 5.56 Å². The summed E-state index contributed by atoms with van der Waals surface area (Å²) < 4.78 is 18.7. The van der Waals surface area contributed by atoms with Crippen molar-refractivity contribution in [1.82, 2.24) is 0 Å². The molecule has 0 unspecified atom stereocenters. The van der Waals surface area contributed by atoms with Crippen LogP contribution >= 0.6 is 23.2 Å². The number of halogens is 3. The molecule has 2 amide bonds. The Bertz CT molecular complexity index is 1300. The molecule has 0 aromatic heterocycles. The molecule has 9 heteroatoms. The lowest BCUT2D eigenvalue weighted by molar-refractivity contribution is -0.118. The first kappa shape index (κ1) is 24.8. The third-order valence-corrected chi connectivity index (χ3v) is 5.20. The van der Waals surface area contributed by atoms with E-state index in [1.54, 1.807) is 24.3 Å². The number of carbonyl (C=O) groups is 2. The predicted octanol–water partition coefficient (Wildman–Crippen LogP) is 6.00. The Kier molecular flexibility index (Phi) is 8.25. The standard InChI is InChI=1S/C25H18Cl2FN3O3/c1-15-2-6-21(12-22(15)27)30-24(32)14-34-23-9-3-18(26)11-16(23)10-17(13-29)25(33)31-20-7-4-19(28)5-8-20/h2-12H,14H2,1H3,(H,30,32)(H,31,33)/b17-10+. The van der Waals surface area contributed by atoms with Crippen LogP contribution in [0.4, 0.5) is 15.8 Å². The van der Waals surface area contributed by atoms with Gasteiger partial charge in [-0.3, -0.25) is 9.59 Å². The molecule has 0 spiro atoms. The molecule has 0 atom stereocenters. The molecule has 0 saturated carbocycles. The lowest BCUT2D eigenvalue weighted by atomic mass is 10.1. The van der Waals surface area contributed by atoms with Gasteiger partial charge in [0, 0.05) is 27.0 Å². The summed E-state index contributed by atoms with van der Waals surface area (Å²) in [4.78, 5) is 24.8. The molecule has 3 aromatic rings. The van der Waals surface area contributed by atoms with Gasteiger partial charge in [0.05, 0.1) is 0 Å². The van der Waals surface area contributed by atoms with E-state index in [9.17, 15) is 19.2 Å². The van der Waals surface area contributed by atoms with Crippen LogP contribution in [0.3, 0.4) is 0 Å². The zero-order valence-electron chi connectivity index (χ0n) is 17.9. The van der Waals surface area contributed by atoms with Gasteiger partial charge in [-0.25, -0.2) is 4.39 Å². The van der Waals surface area contributed by atoms with Gasteiger partial charge in [-0.05, 0) is 73.2 Å². The fourth-order valence-electron chi connectivity index (χ4n) is 2.81. The van der Waals surface area contributed by atoms with Crippen LogP contribution in [-0.2, 0) is 9.59 Å². The summed E-state index contributed by atoms with van der Waals surface area (Å²) in [6.45, 7) is 1.51. The normalized spacial score (nSPS) is 10.9. The number of ether oxygens (including phenoxy) is 1. The van der Waals surface area contributed by atoms with Gasteiger partial charge in [0.25, 0.3) is 11.8 Å². The molecule has 172 valence electrons. The number of benzene rings is 3. The average molecular weight is 498 g/mol. The smallest absolute Gasteiger partial charge is 0.266 e. The van der Waals surface area contributed by atoms with Crippen molar-refractivity contribution in [2.24, 2.45) is 0 Å². The van der Waals surface area contributed by atoms with Crippen molar-refractivity contribution in [3.63, 3.8) is 0 Å². The van der Waals surface area contributed by atoms with E-state index >= 15 is 0 Å². The monoisotopic (exact) mass is 497 g/mol. The fourth-order valence-corrected chi connectivity index (χ4v) is 3.17. The molecule has 3 aromatic carbocycles. The quantitative estimate of drug-likeness (QED) is 0.309. The second-order valence-corrected chi connectivity index (χ2v) is 7.96. The van der Waals surface area contributed by atoms with Gasteiger partial charge < -0.3 is 15.4 Å². The third kappa shape index (κ3) is 6.82. The van der Waals surface area contributed by atoms with Crippen molar-refractivity contribution in [3.8, 4) is 11.8 Å². The Hall–Kier alpha value is -3.86. The van der Waals surface area contributed by atoms with E-state index < -0.39 is 17.6 Å². The SMILES string of the molecule is Cc1ccc(NC(=O)COc2ccc(Cl)cc2/C=C(\C#N)C(=O)Nc2ccc(F)cc2)cc1Cl. The van der Waals surface area contributed by atoms with E-state index in [4.69, 9.17) is 27.9 Å². The van der Waals surface area contributed by atoms with E-state index in [-0.39, 0.29) is 17.9 Å². The number of nitriles is 1. The maximum Gasteiger partial charge on any atom is 0.266 e. The molecule has 3 rings (SSSR count). The van der Waals surface area contributed by atoms with Crippen LogP contribution in [0.25, 0.3) is 6.08 Å². The highest BCUT2D eigenvalue weighted by atomic mass is 35.5. The van der Waals surface area contributed by atoms with Crippen LogP contribution in [0.1, 0.15) is 11.1 Å². The highest BCUT2D eigenvalue weighted by molar-refractivity contribution is 6.31. The summed E-state index contributed by atoms with van der Waals surface area (Å²) in [5.74, 6) is -1.35. The van der Waals surface area contributed by atoms with Crippen molar-refractivity contribution in [2.45, 2.75) is 6.92 Å². The maximum absolute atomic E-state index is 13.1. The average Bonchev–Trinajstić information content (AvgIpc) is 2.80. The largest absolute Gasteiger partial charge is 0.483 e. The zero-order valence-corrected chi connectivity index (χ0v) is 19.4. The van der Waals surface area contributed by atoms with Crippen LogP contribution in [0.5, 0.6) is 5.75 Å². The summed E-state index contributed by atoms with van der Waals surface area (Å²) in [5.41, 5.74) is 1.80. The summed E-state index contributed by atoms with van der Waals surface area (Å²) in [5, 5.41) is 15.5. The summed E-state index contributed by atoms with van der Waals surface area (Å²) in [6.07, 6.45) is 1.29. The summed E-state index contributed by atoms with van der Waals surface area (Å²) >= 11 is 12.1. The molecule has 0 aliphatic rings. The summed E-state index contributed by atoms with van der Waals surface area (Å²) in [6, 6.07) is 16.6. The first-order valence-corrected chi connectivity index (χ1v) is 10.7. The highest BCUT2D eigenvalue weighted by Gasteiger charge is 2.13. The molecular weight excluding hydrogens is 480 g/mol. The van der Waals surface area contributed by atoms with Crippen LogP contribution in [-0.4, -0.2) is 18.4 Å². The van der Waals surface area contributed by atoms with Crippen LogP contribution < -0.4 is 15.4 Å². The molecule has 6 nitrogen and oxygen atoms in total. The number of carbonyl (C=O) groups excluding carboxylic acids is 2. The Balaban J connectivity index is 1.73. The number of aryl methyl sites for hydroxylation is 1. The van der Waals surface area contributed by atoms with E-state index in [0.29, 0.717) is 27.0 Å². The van der Waals surface area contributed by atoms with Gasteiger partial charge >= 0.3 is 0 Å². The Morgan fingerprint density at radius 3 is 2.41 bits per heavy atom. The van der Waals surface area contributed by atoms with Crippen LogP contribution in [0.15, 0.2) is 66.2 Å². The minimum atomic E-state index is -0.700. The molecule has 0 saturated heterocycles. The van der Waals surface area contributed by atoms with Gasteiger partial charge in [0.1, 0.15) is 23.2 Å². The lowest BCUT2D eigenvalue weighted by Gasteiger charge is -2.11. The van der Waals surface area contributed by atoms with Crippen LogP contribution in [0, 0.1) is 24.1 Å².